The fourth-order valence-electron chi connectivity index (χ4n) is 1.46. The van der Waals surface area contributed by atoms with Crippen molar-refractivity contribution in [2.75, 3.05) is 0 Å². The Kier molecular flexibility index (Phi) is 3.10. The number of aromatic nitrogens is 2. The average Bonchev–Trinajstić information content (AvgIpc) is 2.67. The summed E-state index contributed by atoms with van der Waals surface area (Å²) >= 11 is 0. The zero-order valence-electron chi connectivity index (χ0n) is 9.72. The fraction of sp³-hybridized carbons (Fsp3) is 0.250. The first kappa shape index (κ1) is 11.6. The maximum absolute atomic E-state index is 13.7. The molecule has 2 N–H and O–H groups in total. The van der Waals surface area contributed by atoms with Gasteiger partial charge in [0.25, 0.3) is 0 Å². The molecule has 5 heteroatoms. The van der Waals surface area contributed by atoms with Gasteiger partial charge in [0, 0.05) is 13.1 Å². The van der Waals surface area contributed by atoms with Crippen molar-refractivity contribution in [1.29, 1.82) is 0 Å². The number of ether oxygens (including phenoxy) is 1. The third-order valence-electron chi connectivity index (χ3n) is 2.39. The smallest absolute Gasteiger partial charge is 0.166 e. The zero-order chi connectivity index (χ0) is 12.4. The van der Waals surface area contributed by atoms with Gasteiger partial charge in [-0.15, -0.1) is 0 Å². The lowest BCUT2D eigenvalue weighted by Gasteiger charge is -2.08. The minimum absolute atomic E-state index is 0.169. The van der Waals surface area contributed by atoms with E-state index in [1.807, 2.05) is 0 Å². The van der Waals surface area contributed by atoms with Gasteiger partial charge < -0.3 is 10.5 Å². The predicted octanol–water partition coefficient (Wildman–Crippen LogP) is 2.37. The lowest BCUT2D eigenvalue weighted by Crippen LogP contribution is -2.05. The van der Waals surface area contributed by atoms with E-state index in [1.54, 1.807) is 37.0 Å². The second-order valence-electron chi connectivity index (χ2n) is 3.93. The summed E-state index contributed by atoms with van der Waals surface area (Å²) in [5.74, 6) is 0.242. The summed E-state index contributed by atoms with van der Waals surface area (Å²) in [6.45, 7) is 1.80. The Labute approximate surface area is 98.8 Å². The molecule has 0 amide bonds. The third-order valence-corrected chi connectivity index (χ3v) is 2.39. The number of nitrogens with two attached hydrogens (primary N) is 1. The van der Waals surface area contributed by atoms with Crippen molar-refractivity contribution in [3.8, 4) is 11.5 Å². The van der Waals surface area contributed by atoms with Crippen LogP contribution < -0.4 is 10.5 Å². The monoisotopic (exact) mass is 235 g/mol. The van der Waals surface area contributed by atoms with E-state index >= 15 is 0 Å². The van der Waals surface area contributed by atoms with Gasteiger partial charge in [-0.1, -0.05) is 6.07 Å². The lowest BCUT2D eigenvalue weighted by molar-refractivity contribution is 0.441. The van der Waals surface area contributed by atoms with Crippen LogP contribution in [-0.4, -0.2) is 9.78 Å². The summed E-state index contributed by atoms with van der Waals surface area (Å²) in [6, 6.07) is 4.51. The average molecular weight is 235 g/mol. The van der Waals surface area contributed by atoms with Crippen LogP contribution in [0.15, 0.2) is 30.6 Å². The number of hydrogen-bond acceptors (Lipinski definition) is 3. The molecule has 2 aromatic rings. The van der Waals surface area contributed by atoms with Crippen LogP contribution in [0.3, 0.4) is 0 Å². The maximum Gasteiger partial charge on any atom is 0.166 e. The van der Waals surface area contributed by atoms with Crippen molar-refractivity contribution < 1.29 is 9.13 Å². The summed E-state index contributed by atoms with van der Waals surface area (Å²) in [4.78, 5) is 0. The van der Waals surface area contributed by atoms with E-state index in [4.69, 9.17) is 10.5 Å². The molecule has 0 aliphatic carbocycles. The van der Waals surface area contributed by atoms with Crippen LogP contribution in [0.2, 0.25) is 0 Å². The van der Waals surface area contributed by atoms with Crippen LogP contribution in [-0.2, 0) is 7.05 Å². The van der Waals surface area contributed by atoms with Gasteiger partial charge in [0.2, 0.25) is 0 Å². The number of halogens is 1. The topological polar surface area (TPSA) is 53.1 Å². The molecule has 0 fully saturated rings. The molecule has 90 valence electrons. The van der Waals surface area contributed by atoms with Gasteiger partial charge in [0.15, 0.2) is 17.3 Å². The van der Waals surface area contributed by atoms with Crippen LogP contribution in [0.5, 0.6) is 11.5 Å². The molecule has 0 spiro atoms. The first-order valence-corrected chi connectivity index (χ1v) is 5.28. The van der Waals surface area contributed by atoms with Gasteiger partial charge in [-0.3, -0.25) is 4.68 Å². The standard InChI is InChI=1S/C12H14FN3O/c1-8(14)9-3-4-12(11(13)5-9)17-10-6-15-16(2)7-10/h3-8H,14H2,1-2H3/t8-/m0/s1. The quantitative estimate of drug-likeness (QED) is 0.888. The molecule has 1 aromatic heterocycles. The van der Waals surface area contributed by atoms with Crippen molar-refractivity contribution in [1.82, 2.24) is 9.78 Å². The summed E-state index contributed by atoms with van der Waals surface area (Å²) in [5, 5.41) is 3.94. The molecular formula is C12H14FN3O. The molecular weight excluding hydrogens is 221 g/mol. The van der Waals surface area contributed by atoms with E-state index in [1.165, 1.54) is 12.3 Å². The first-order valence-electron chi connectivity index (χ1n) is 5.28. The molecule has 1 atom stereocenters. The molecule has 0 aliphatic rings. The summed E-state index contributed by atoms with van der Waals surface area (Å²) in [7, 11) is 1.77. The Morgan fingerprint density at radius 2 is 2.24 bits per heavy atom. The van der Waals surface area contributed by atoms with E-state index in [9.17, 15) is 4.39 Å². The minimum atomic E-state index is -0.427. The lowest BCUT2D eigenvalue weighted by atomic mass is 10.1. The molecule has 0 unspecified atom stereocenters. The van der Waals surface area contributed by atoms with Gasteiger partial charge >= 0.3 is 0 Å². The highest BCUT2D eigenvalue weighted by Crippen LogP contribution is 2.25. The second-order valence-corrected chi connectivity index (χ2v) is 3.93. The second kappa shape index (κ2) is 4.55. The SMILES string of the molecule is C[C@H](N)c1ccc(Oc2cnn(C)c2)c(F)c1. The summed E-state index contributed by atoms with van der Waals surface area (Å²) in [5.41, 5.74) is 6.40. The van der Waals surface area contributed by atoms with E-state index in [0.29, 0.717) is 5.75 Å². The maximum atomic E-state index is 13.7. The molecule has 0 bridgehead atoms. The van der Waals surface area contributed by atoms with Gasteiger partial charge in [-0.05, 0) is 24.6 Å². The zero-order valence-corrected chi connectivity index (χ0v) is 9.72. The Bertz CT molecular complexity index is 522. The summed E-state index contributed by atoms with van der Waals surface area (Å²) < 4.78 is 20.6. The fourth-order valence-corrected chi connectivity index (χ4v) is 1.46. The van der Waals surface area contributed by atoms with Crippen molar-refractivity contribution in [2.24, 2.45) is 12.8 Å². The minimum Gasteiger partial charge on any atom is -0.451 e. The van der Waals surface area contributed by atoms with Crippen LogP contribution in [0.4, 0.5) is 4.39 Å². The van der Waals surface area contributed by atoms with Crippen LogP contribution in [0.1, 0.15) is 18.5 Å². The number of nitrogens with zero attached hydrogens (tertiary/aromatic N) is 2. The van der Waals surface area contributed by atoms with Crippen LogP contribution in [0, 0.1) is 5.82 Å². The molecule has 0 radical (unpaired) electrons. The van der Waals surface area contributed by atoms with Gasteiger partial charge in [-0.25, -0.2) is 4.39 Å². The van der Waals surface area contributed by atoms with E-state index in [-0.39, 0.29) is 11.8 Å². The summed E-state index contributed by atoms with van der Waals surface area (Å²) in [6.07, 6.45) is 3.19. The van der Waals surface area contributed by atoms with Crippen molar-refractivity contribution in [3.05, 3.63) is 42.0 Å². The highest BCUT2D eigenvalue weighted by molar-refractivity contribution is 5.33. The Morgan fingerprint density at radius 1 is 1.47 bits per heavy atom. The van der Waals surface area contributed by atoms with Gasteiger partial charge in [0.1, 0.15) is 0 Å². The van der Waals surface area contributed by atoms with Crippen molar-refractivity contribution in [2.45, 2.75) is 13.0 Å². The van der Waals surface area contributed by atoms with Gasteiger partial charge in [-0.2, -0.15) is 5.10 Å². The predicted molar refractivity (Wildman–Crippen MR) is 62.3 cm³/mol. The molecule has 0 aliphatic heterocycles. The molecule has 2 rings (SSSR count). The van der Waals surface area contributed by atoms with Gasteiger partial charge in [0.05, 0.1) is 12.4 Å². The Hall–Kier alpha value is -1.88. The number of hydrogen-bond donors (Lipinski definition) is 1. The molecule has 1 heterocycles. The third kappa shape index (κ3) is 2.62. The van der Waals surface area contributed by atoms with E-state index in [0.717, 1.165) is 5.56 Å². The first-order chi connectivity index (χ1) is 8.06. The Balaban J connectivity index is 2.22. The largest absolute Gasteiger partial charge is 0.451 e. The highest BCUT2D eigenvalue weighted by Gasteiger charge is 2.08. The van der Waals surface area contributed by atoms with E-state index < -0.39 is 5.82 Å². The molecule has 1 aromatic carbocycles. The highest BCUT2D eigenvalue weighted by atomic mass is 19.1. The molecule has 0 saturated carbocycles. The number of benzene rings is 1. The van der Waals surface area contributed by atoms with E-state index in [2.05, 4.69) is 5.10 Å². The molecule has 17 heavy (non-hydrogen) atoms. The number of aryl methyl sites for hydroxylation is 1. The molecule has 0 saturated heterocycles. The molecule has 4 nitrogen and oxygen atoms in total. The Morgan fingerprint density at radius 3 is 2.76 bits per heavy atom. The normalized spacial score (nSPS) is 12.5. The van der Waals surface area contributed by atoms with Crippen molar-refractivity contribution in [3.63, 3.8) is 0 Å². The number of rotatable bonds is 3. The van der Waals surface area contributed by atoms with Crippen molar-refractivity contribution >= 4 is 0 Å². The van der Waals surface area contributed by atoms with Crippen LogP contribution >= 0.6 is 0 Å². The van der Waals surface area contributed by atoms with Crippen LogP contribution in [0.25, 0.3) is 0 Å².